The van der Waals surface area contributed by atoms with Gasteiger partial charge in [0.2, 0.25) is 0 Å². The number of aryl methyl sites for hydroxylation is 1. The zero-order valence-corrected chi connectivity index (χ0v) is 9.93. The molecule has 0 unspecified atom stereocenters. The molecule has 2 heterocycles. The first-order chi connectivity index (χ1) is 8.69. The van der Waals surface area contributed by atoms with Gasteiger partial charge in [-0.05, 0) is 19.1 Å². The number of carbonyl (C=O) groups is 1. The van der Waals surface area contributed by atoms with Crippen molar-refractivity contribution in [3.05, 3.63) is 35.9 Å². The minimum Gasteiger partial charge on any atom is -0.462 e. The highest BCUT2D eigenvalue weighted by atomic mass is 16.5. The second kappa shape index (κ2) is 3.80. The largest absolute Gasteiger partial charge is 0.462 e. The predicted molar refractivity (Wildman–Crippen MR) is 65.4 cm³/mol. The Bertz CT molecular complexity index is 761. The van der Waals surface area contributed by atoms with E-state index in [1.807, 2.05) is 25.1 Å². The van der Waals surface area contributed by atoms with Crippen molar-refractivity contribution in [3.63, 3.8) is 0 Å². The van der Waals surface area contributed by atoms with Gasteiger partial charge in [0.25, 0.3) is 0 Å². The average molecular weight is 242 g/mol. The van der Waals surface area contributed by atoms with E-state index >= 15 is 0 Å². The fourth-order valence-corrected chi connectivity index (χ4v) is 1.84. The van der Waals surface area contributed by atoms with Crippen molar-refractivity contribution < 1.29 is 13.9 Å². The smallest absolute Gasteiger partial charge is 0.394 e. The number of benzene rings is 1. The minimum atomic E-state index is -0.591. The predicted octanol–water partition coefficient (Wildman–Crippen LogP) is 2.47. The van der Waals surface area contributed by atoms with Crippen molar-refractivity contribution in [1.29, 1.82) is 0 Å². The van der Waals surface area contributed by atoms with Crippen LogP contribution in [0, 0.1) is 6.92 Å². The molecule has 0 radical (unpaired) electrons. The van der Waals surface area contributed by atoms with Gasteiger partial charge in [-0.1, -0.05) is 12.1 Å². The standard InChI is InChI=1S/C13H10N2O3/c1-7-3-4-8-5-6-9-11(10(8)14-7)18-12(15-9)13(16)17-2/h3-6H,1-2H3. The number of nitrogens with zero attached hydrogens (tertiary/aromatic N) is 2. The molecule has 0 aliphatic carbocycles. The van der Waals surface area contributed by atoms with Crippen molar-refractivity contribution in [3.8, 4) is 0 Å². The van der Waals surface area contributed by atoms with Crippen molar-refractivity contribution in [2.75, 3.05) is 7.11 Å². The van der Waals surface area contributed by atoms with Crippen LogP contribution in [0.5, 0.6) is 0 Å². The summed E-state index contributed by atoms with van der Waals surface area (Å²) in [6.07, 6.45) is 0. The van der Waals surface area contributed by atoms with Crippen molar-refractivity contribution in [2.45, 2.75) is 6.92 Å². The molecular weight excluding hydrogens is 232 g/mol. The molecule has 0 fully saturated rings. The molecule has 0 saturated carbocycles. The van der Waals surface area contributed by atoms with E-state index in [0.717, 1.165) is 11.1 Å². The van der Waals surface area contributed by atoms with Crippen LogP contribution in [0.4, 0.5) is 0 Å². The number of oxazole rings is 1. The lowest BCUT2D eigenvalue weighted by Gasteiger charge is -1.98. The van der Waals surface area contributed by atoms with E-state index in [9.17, 15) is 4.79 Å². The number of rotatable bonds is 1. The molecule has 0 bridgehead atoms. The first-order valence-corrected chi connectivity index (χ1v) is 5.44. The molecule has 0 spiro atoms. The Morgan fingerprint density at radius 3 is 2.78 bits per heavy atom. The van der Waals surface area contributed by atoms with Gasteiger partial charge in [-0.3, -0.25) is 0 Å². The highest BCUT2D eigenvalue weighted by molar-refractivity contribution is 6.01. The number of methoxy groups -OCH3 is 1. The van der Waals surface area contributed by atoms with Crippen LogP contribution in [0.25, 0.3) is 22.0 Å². The van der Waals surface area contributed by atoms with Gasteiger partial charge in [-0.2, -0.15) is 0 Å². The molecule has 2 aromatic heterocycles. The van der Waals surface area contributed by atoms with E-state index in [-0.39, 0.29) is 5.89 Å². The number of esters is 1. The lowest BCUT2D eigenvalue weighted by atomic mass is 10.2. The zero-order chi connectivity index (χ0) is 12.7. The maximum atomic E-state index is 11.4. The Labute approximate surface area is 102 Å². The Balaban J connectivity index is 2.35. The summed E-state index contributed by atoms with van der Waals surface area (Å²) >= 11 is 0. The SMILES string of the molecule is COC(=O)c1nc2ccc3ccc(C)nc3c2o1. The number of ether oxygens (including phenoxy) is 1. The van der Waals surface area contributed by atoms with E-state index in [0.29, 0.717) is 16.6 Å². The number of hydrogen-bond donors (Lipinski definition) is 0. The third-order valence-corrected chi connectivity index (χ3v) is 2.71. The van der Waals surface area contributed by atoms with Gasteiger partial charge in [0.1, 0.15) is 11.0 Å². The van der Waals surface area contributed by atoms with Gasteiger partial charge in [-0.15, -0.1) is 0 Å². The summed E-state index contributed by atoms with van der Waals surface area (Å²) in [4.78, 5) is 19.9. The zero-order valence-electron chi connectivity index (χ0n) is 9.93. The Kier molecular flexibility index (Phi) is 2.26. The van der Waals surface area contributed by atoms with Gasteiger partial charge in [0, 0.05) is 11.1 Å². The van der Waals surface area contributed by atoms with Gasteiger partial charge in [-0.25, -0.2) is 14.8 Å². The summed E-state index contributed by atoms with van der Waals surface area (Å²) in [5.41, 5.74) is 2.69. The first-order valence-electron chi connectivity index (χ1n) is 5.44. The van der Waals surface area contributed by atoms with E-state index in [1.165, 1.54) is 7.11 Å². The van der Waals surface area contributed by atoms with Crippen LogP contribution < -0.4 is 0 Å². The van der Waals surface area contributed by atoms with Crippen molar-refractivity contribution in [2.24, 2.45) is 0 Å². The van der Waals surface area contributed by atoms with Crippen LogP contribution in [-0.4, -0.2) is 23.0 Å². The van der Waals surface area contributed by atoms with E-state index in [2.05, 4.69) is 14.7 Å². The number of aromatic nitrogens is 2. The molecule has 1 aromatic carbocycles. The summed E-state index contributed by atoms with van der Waals surface area (Å²) in [6, 6.07) is 7.57. The van der Waals surface area contributed by atoms with Gasteiger partial charge in [0.15, 0.2) is 5.58 Å². The minimum absolute atomic E-state index is 0.0525. The Hall–Kier alpha value is -2.43. The maximum absolute atomic E-state index is 11.4. The third kappa shape index (κ3) is 1.52. The van der Waals surface area contributed by atoms with Crippen LogP contribution in [0.2, 0.25) is 0 Å². The van der Waals surface area contributed by atoms with Crippen LogP contribution >= 0.6 is 0 Å². The molecule has 5 nitrogen and oxygen atoms in total. The second-order valence-corrected chi connectivity index (χ2v) is 3.95. The van der Waals surface area contributed by atoms with Gasteiger partial charge < -0.3 is 9.15 Å². The summed E-state index contributed by atoms with van der Waals surface area (Å²) in [6.45, 7) is 1.90. The quantitative estimate of drug-likeness (QED) is 0.613. The molecule has 0 aliphatic heterocycles. The maximum Gasteiger partial charge on any atom is 0.394 e. The fraction of sp³-hybridized carbons (Fsp3) is 0.154. The topological polar surface area (TPSA) is 65.2 Å². The van der Waals surface area contributed by atoms with E-state index in [1.54, 1.807) is 6.07 Å². The highest BCUT2D eigenvalue weighted by Gasteiger charge is 2.16. The Morgan fingerprint density at radius 1 is 1.22 bits per heavy atom. The number of carbonyl (C=O) groups excluding carboxylic acids is 1. The number of pyridine rings is 1. The lowest BCUT2D eigenvalue weighted by Crippen LogP contribution is -2.00. The second-order valence-electron chi connectivity index (χ2n) is 3.95. The van der Waals surface area contributed by atoms with Crippen molar-refractivity contribution in [1.82, 2.24) is 9.97 Å². The van der Waals surface area contributed by atoms with Crippen molar-refractivity contribution >= 4 is 28.0 Å². The lowest BCUT2D eigenvalue weighted by molar-refractivity contribution is 0.0559. The molecule has 0 atom stereocenters. The molecule has 3 rings (SSSR count). The van der Waals surface area contributed by atoms with Crippen LogP contribution in [0.15, 0.2) is 28.7 Å². The van der Waals surface area contributed by atoms with Crippen LogP contribution in [0.1, 0.15) is 16.4 Å². The molecule has 90 valence electrons. The van der Waals surface area contributed by atoms with Gasteiger partial charge >= 0.3 is 11.9 Å². The summed E-state index contributed by atoms with van der Waals surface area (Å²) in [5, 5.41) is 0.945. The van der Waals surface area contributed by atoms with E-state index < -0.39 is 5.97 Å². The monoisotopic (exact) mass is 242 g/mol. The van der Waals surface area contributed by atoms with E-state index in [4.69, 9.17) is 4.42 Å². The molecule has 5 heteroatoms. The summed E-state index contributed by atoms with van der Waals surface area (Å²) in [5.74, 6) is -0.643. The molecule has 3 aromatic rings. The fourth-order valence-electron chi connectivity index (χ4n) is 1.84. The molecule has 0 N–H and O–H groups in total. The average Bonchev–Trinajstić information content (AvgIpc) is 2.82. The molecule has 18 heavy (non-hydrogen) atoms. The molecule has 0 aliphatic rings. The normalized spacial score (nSPS) is 11.0. The Morgan fingerprint density at radius 2 is 2.00 bits per heavy atom. The number of fused-ring (bicyclic) bond motifs is 3. The molecule has 0 saturated heterocycles. The van der Waals surface area contributed by atoms with Crippen LogP contribution in [-0.2, 0) is 4.74 Å². The summed E-state index contributed by atoms with van der Waals surface area (Å²) in [7, 11) is 1.29. The first kappa shape index (κ1) is 10.7. The third-order valence-electron chi connectivity index (χ3n) is 2.71. The molecule has 0 amide bonds. The summed E-state index contributed by atoms with van der Waals surface area (Å²) < 4.78 is 10.0. The van der Waals surface area contributed by atoms with Gasteiger partial charge in [0.05, 0.1) is 7.11 Å². The molecular formula is C13H10N2O3. The highest BCUT2D eigenvalue weighted by Crippen LogP contribution is 2.25. The van der Waals surface area contributed by atoms with Crippen LogP contribution in [0.3, 0.4) is 0 Å². The number of hydrogen-bond acceptors (Lipinski definition) is 5.